The van der Waals surface area contributed by atoms with E-state index >= 15 is 0 Å². The van der Waals surface area contributed by atoms with E-state index in [9.17, 15) is 4.79 Å². The number of hydrogen-bond acceptors (Lipinski definition) is 1. The van der Waals surface area contributed by atoms with Crippen LogP contribution in [0.15, 0.2) is 36.4 Å². The number of benzene rings is 2. The molecule has 3 heteroatoms. The summed E-state index contributed by atoms with van der Waals surface area (Å²) in [6, 6.07) is 11.8. The fourth-order valence-electron chi connectivity index (χ4n) is 1.85. The van der Waals surface area contributed by atoms with Gasteiger partial charge in [0.1, 0.15) is 0 Å². The third-order valence-electron chi connectivity index (χ3n) is 3.07. The third-order valence-corrected chi connectivity index (χ3v) is 4.23. The van der Waals surface area contributed by atoms with Crippen LogP contribution in [0.2, 0.25) is 0 Å². The molecule has 2 aromatic rings. The monoisotopic (exact) mass is 365 g/mol. The van der Waals surface area contributed by atoms with Gasteiger partial charge in [-0.3, -0.25) is 4.79 Å². The Labute approximate surface area is 127 Å². The number of carbonyl (C=O) groups is 1. The van der Waals surface area contributed by atoms with Gasteiger partial charge in [-0.05, 0) is 72.7 Å². The van der Waals surface area contributed by atoms with Crippen molar-refractivity contribution in [3.05, 3.63) is 62.2 Å². The van der Waals surface area contributed by atoms with Crippen LogP contribution in [0.5, 0.6) is 0 Å². The van der Waals surface area contributed by atoms with Crippen molar-refractivity contribution in [3.63, 3.8) is 0 Å². The van der Waals surface area contributed by atoms with Gasteiger partial charge in [-0.1, -0.05) is 23.8 Å². The molecule has 0 aliphatic carbocycles. The number of halogens is 1. The molecule has 2 nitrogen and oxygen atoms in total. The lowest BCUT2D eigenvalue weighted by Crippen LogP contribution is -2.13. The highest BCUT2D eigenvalue weighted by Crippen LogP contribution is 2.19. The number of nitrogens with one attached hydrogen (secondary N) is 1. The van der Waals surface area contributed by atoms with Crippen molar-refractivity contribution in [2.24, 2.45) is 0 Å². The van der Waals surface area contributed by atoms with Gasteiger partial charge in [0.05, 0.1) is 0 Å². The summed E-state index contributed by atoms with van der Waals surface area (Å²) in [4.78, 5) is 12.3. The molecule has 0 bridgehead atoms. The summed E-state index contributed by atoms with van der Waals surface area (Å²) in [6.45, 7) is 6.00. The van der Waals surface area contributed by atoms with Gasteiger partial charge in [0, 0.05) is 14.8 Å². The summed E-state index contributed by atoms with van der Waals surface area (Å²) in [7, 11) is 0. The van der Waals surface area contributed by atoms with Gasteiger partial charge in [0.15, 0.2) is 0 Å². The van der Waals surface area contributed by atoms with E-state index in [0.29, 0.717) is 0 Å². The van der Waals surface area contributed by atoms with Gasteiger partial charge in [-0.2, -0.15) is 0 Å². The van der Waals surface area contributed by atoms with E-state index in [-0.39, 0.29) is 5.91 Å². The first-order chi connectivity index (χ1) is 8.97. The highest BCUT2D eigenvalue weighted by molar-refractivity contribution is 14.1. The molecular formula is C16H16INO. The lowest BCUT2D eigenvalue weighted by atomic mass is 10.0. The van der Waals surface area contributed by atoms with E-state index in [0.717, 1.165) is 25.9 Å². The zero-order chi connectivity index (χ0) is 14.0. The Morgan fingerprint density at radius 1 is 1.00 bits per heavy atom. The Bertz CT molecular complexity index is 635. The fraction of sp³-hybridized carbons (Fsp3) is 0.188. The summed E-state index contributed by atoms with van der Waals surface area (Å²) in [5, 5.41) is 2.95. The molecule has 98 valence electrons. The van der Waals surface area contributed by atoms with Crippen LogP contribution in [0.3, 0.4) is 0 Å². The predicted molar refractivity (Wildman–Crippen MR) is 87.8 cm³/mol. The van der Waals surface area contributed by atoms with E-state index < -0.39 is 0 Å². The Hall–Kier alpha value is -1.36. The zero-order valence-corrected chi connectivity index (χ0v) is 13.4. The topological polar surface area (TPSA) is 29.1 Å². The molecule has 0 spiro atoms. The lowest BCUT2D eigenvalue weighted by molar-refractivity contribution is 0.102. The van der Waals surface area contributed by atoms with Crippen molar-refractivity contribution in [2.45, 2.75) is 20.8 Å². The summed E-state index contributed by atoms with van der Waals surface area (Å²) in [5.74, 6) is -0.0548. The maximum absolute atomic E-state index is 12.3. The highest BCUT2D eigenvalue weighted by Gasteiger charge is 2.09. The van der Waals surface area contributed by atoms with Crippen LogP contribution in [0.4, 0.5) is 5.69 Å². The van der Waals surface area contributed by atoms with Gasteiger partial charge in [0.25, 0.3) is 5.91 Å². The molecule has 0 saturated heterocycles. The Kier molecular flexibility index (Phi) is 4.24. The van der Waals surface area contributed by atoms with Crippen molar-refractivity contribution in [3.8, 4) is 0 Å². The Morgan fingerprint density at radius 2 is 1.68 bits per heavy atom. The number of hydrogen-bond donors (Lipinski definition) is 1. The molecule has 0 heterocycles. The van der Waals surface area contributed by atoms with Crippen LogP contribution < -0.4 is 5.32 Å². The molecule has 2 rings (SSSR count). The minimum Gasteiger partial charge on any atom is -0.322 e. The van der Waals surface area contributed by atoms with Crippen molar-refractivity contribution in [1.29, 1.82) is 0 Å². The van der Waals surface area contributed by atoms with Gasteiger partial charge < -0.3 is 5.32 Å². The molecule has 0 aromatic heterocycles. The van der Waals surface area contributed by atoms with Crippen molar-refractivity contribution in [1.82, 2.24) is 0 Å². The minimum absolute atomic E-state index is 0.0548. The standard InChI is InChI=1S/C16H16INO/c1-10-4-5-11(2)14(8-10)16(19)18-13-7-6-12(3)15(17)9-13/h4-9H,1-3H3,(H,18,19). The van der Waals surface area contributed by atoms with Crippen molar-refractivity contribution >= 4 is 34.2 Å². The maximum Gasteiger partial charge on any atom is 0.255 e. The molecule has 19 heavy (non-hydrogen) atoms. The molecule has 0 radical (unpaired) electrons. The maximum atomic E-state index is 12.3. The molecule has 1 amide bonds. The van der Waals surface area contributed by atoms with E-state index in [1.807, 2.05) is 50.2 Å². The van der Waals surface area contributed by atoms with Crippen LogP contribution in [0.25, 0.3) is 0 Å². The summed E-state index contributed by atoms with van der Waals surface area (Å²) < 4.78 is 1.15. The Balaban J connectivity index is 2.25. The average Bonchev–Trinajstić information content (AvgIpc) is 2.36. The van der Waals surface area contributed by atoms with Gasteiger partial charge in [0.2, 0.25) is 0 Å². The SMILES string of the molecule is Cc1ccc(C)c(C(=O)Nc2ccc(C)c(I)c2)c1. The van der Waals surface area contributed by atoms with Crippen molar-refractivity contribution in [2.75, 3.05) is 5.32 Å². The van der Waals surface area contributed by atoms with Crippen molar-refractivity contribution < 1.29 is 4.79 Å². The van der Waals surface area contributed by atoms with E-state index in [1.54, 1.807) is 0 Å². The second-order valence-electron chi connectivity index (χ2n) is 4.74. The molecule has 0 aliphatic heterocycles. The fourth-order valence-corrected chi connectivity index (χ4v) is 2.36. The van der Waals surface area contributed by atoms with Crippen LogP contribution in [-0.4, -0.2) is 5.91 Å². The number of anilines is 1. The Morgan fingerprint density at radius 3 is 2.37 bits per heavy atom. The summed E-state index contributed by atoms with van der Waals surface area (Å²) >= 11 is 2.27. The normalized spacial score (nSPS) is 10.3. The molecule has 0 atom stereocenters. The molecule has 2 aromatic carbocycles. The number of rotatable bonds is 2. The average molecular weight is 365 g/mol. The number of amides is 1. The molecule has 0 fully saturated rings. The van der Waals surface area contributed by atoms with Gasteiger partial charge in [-0.25, -0.2) is 0 Å². The van der Waals surface area contributed by atoms with Crippen LogP contribution in [0.1, 0.15) is 27.0 Å². The zero-order valence-electron chi connectivity index (χ0n) is 11.3. The largest absolute Gasteiger partial charge is 0.322 e. The number of aryl methyl sites for hydroxylation is 3. The molecule has 0 saturated carbocycles. The first kappa shape index (κ1) is 14.1. The molecule has 0 aliphatic rings. The lowest BCUT2D eigenvalue weighted by Gasteiger charge is -2.09. The molecule has 1 N–H and O–H groups in total. The molecular weight excluding hydrogens is 349 g/mol. The quantitative estimate of drug-likeness (QED) is 0.782. The minimum atomic E-state index is -0.0548. The van der Waals surface area contributed by atoms with E-state index in [2.05, 4.69) is 34.8 Å². The highest BCUT2D eigenvalue weighted by atomic mass is 127. The second kappa shape index (κ2) is 5.74. The number of carbonyl (C=O) groups excluding carboxylic acids is 1. The predicted octanol–water partition coefficient (Wildman–Crippen LogP) is 4.47. The summed E-state index contributed by atoms with van der Waals surface area (Å²) in [5.41, 5.74) is 4.86. The van der Waals surface area contributed by atoms with E-state index in [1.165, 1.54) is 5.56 Å². The first-order valence-corrected chi connectivity index (χ1v) is 7.20. The first-order valence-electron chi connectivity index (χ1n) is 6.12. The van der Waals surface area contributed by atoms with Gasteiger partial charge >= 0.3 is 0 Å². The van der Waals surface area contributed by atoms with Crippen LogP contribution >= 0.6 is 22.6 Å². The third kappa shape index (κ3) is 3.35. The van der Waals surface area contributed by atoms with E-state index in [4.69, 9.17) is 0 Å². The van der Waals surface area contributed by atoms with Gasteiger partial charge in [-0.15, -0.1) is 0 Å². The van der Waals surface area contributed by atoms with Crippen LogP contribution in [0, 0.1) is 24.3 Å². The molecule has 0 unspecified atom stereocenters. The second-order valence-corrected chi connectivity index (χ2v) is 5.90. The smallest absolute Gasteiger partial charge is 0.255 e. The summed E-state index contributed by atoms with van der Waals surface area (Å²) in [6.07, 6.45) is 0. The van der Waals surface area contributed by atoms with Crippen LogP contribution in [-0.2, 0) is 0 Å².